The lowest BCUT2D eigenvalue weighted by molar-refractivity contribution is -0.767. The summed E-state index contributed by atoms with van der Waals surface area (Å²) in [4.78, 5) is 25.1. The Morgan fingerprint density at radius 3 is 2.59 bits per heavy atom. The number of ether oxygens (including phenoxy) is 2. The third-order valence-electron chi connectivity index (χ3n) is 1.75. The van der Waals surface area contributed by atoms with Gasteiger partial charge in [-0.15, -0.1) is 10.1 Å². The summed E-state index contributed by atoms with van der Waals surface area (Å²) in [6, 6.07) is 0. The first kappa shape index (κ1) is 15.8. The van der Waals surface area contributed by atoms with Crippen LogP contribution in [0.15, 0.2) is 0 Å². The molecule has 17 heavy (non-hydrogen) atoms. The topological polar surface area (TPSA) is 87.9 Å². The molecular formula is C9H16ClNO6. The minimum absolute atomic E-state index is 0.188. The van der Waals surface area contributed by atoms with Gasteiger partial charge in [-0.05, 0) is 33.1 Å². The Balaban J connectivity index is 3.40. The predicted octanol–water partition coefficient (Wildman–Crippen LogP) is 2.49. The van der Waals surface area contributed by atoms with Crippen LogP contribution in [-0.2, 0) is 14.3 Å². The Hall–Kier alpha value is -1.24. The minimum atomic E-state index is -0.819. The van der Waals surface area contributed by atoms with E-state index < -0.39 is 22.9 Å². The lowest BCUT2D eigenvalue weighted by atomic mass is 10.2. The van der Waals surface area contributed by atoms with Crippen LogP contribution < -0.4 is 0 Å². The summed E-state index contributed by atoms with van der Waals surface area (Å²) in [7, 11) is 0. The van der Waals surface area contributed by atoms with Gasteiger partial charge in [0.1, 0.15) is 6.10 Å². The van der Waals surface area contributed by atoms with Gasteiger partial charge < -0.3 is 14.3 Å². The summed E-state index contributed by atoms with van der Waals surface area (Å²) >= 11 is 5.40. The second-order valence-electron chi connectivity index (χ2n) is 3.39. The van der Waals surface area contributed by atoms with E-state index >= 15 is 0 Å². The molecule has 0 aromatic heterocycles. The molecule has 0 N–H and O–H groups in total. The van der Waals surface area contributed by atoms with Gasteiger partial charge in [-0.3, -0.25) is 0 Å². The maximum atomic E-state index is 10.9. The Kier molecular flexibility index (Phi) is 8.21. The normalized spacial score (nSPS) is 13.6. The van der Waals surface area contributed by atoms with Crippen molar-refractivity contribution in [1.82, 2.24) is 0 Å². The Morgan fingerprint density at radius 2 is 2.06 bits per heavy atom. The summed E-state index contributed by atoms with van der Waals surface area (Å²) in [6.45, 7) is 3.29. The van der Waals surface area contributed by atoms with Crippen LogP contribution in [0.5, 0.6) is 0 Å². The van der Waals surface area contributed by atoms with Crippen LogP contribution in [0.4, 0.5) is 4.79 Å². The van der Waals surface area contributed by atoms with Crippen molar-refractivity contribution in [2.75, 3.05) is 6.61 Å². The van der Waals surface area contributed by atoms with Crippen LogP contribution in [0, 0.1) is 10.1 Å². The SMILES string of the molecule is CC(Cl)OC(=O)OCCCCC(C)O[N+](=O)[O-]. The first-order valence-corrected chi connectivity index (χ1v) is 5.64. The molecule has 0 heterocycles. The molecule has 0 radical (unpaired) electrons. The van der Waals surface area contributed by atoms with E-state index in [0.29, 0.717) is 19.3 Å². The zero-order valence-corrected chi connectivity index (χ0v) is 10.5. The van der Waals surface area contributed by atoms with Crippen molar-refractivity contribution in [3.05, 3.63) is 10.1 Å². The molecule has 100 valence electrons. The minimum Gasteiger partial charge on any atom is -0.434 e. The first-order chi connectivity index (χ1) is 7.91. The zero-order chi connectivity index (χ0) is 13.3. The summed E-state index contributed by atoms with van der Waals surface area (Å²) < 4.78 is 9.22. The molecule has 0 bridgehead atoms. The van der Waals surface area contributed by atoms with Crippen molar-refractivity contribution in [1.29, 1.82) is 0 Å². The number of halogens is 1. The fourth-order valence-corrected chi connectivity index (χ4v) is 1.13. The van der Waals surface area contributed by atoms with Crippen molar-refractivity contribution in [2.45, 2.75) is 44.8 Å². The molecule has 0 aromatic carbocycles. The number of carbonyl (C=O) groups is 1. The first-order valence-electron chi connectivity index (χ1n) is 5.20. The number of unbranched alkanes of at least 4 members (excludes halogenated alkanes) is 1. The van der Waals surface area contributed by atoms with Crippen LogP contribution in [0.2, 0.25) is 0 Å². The summed E-state index contributed by atoms with van der Waals surface area (Å²) in [5.41, 5.74) is -0.726. The van der Waals surface area contributed by atoms with Crippen LogP contribution in [0.25, 0.3) is 0 Å². The summed E-state index contributed by atoms with van der Waals surface area (Å²) in [6.07, 6.45) is 0.475. The van der Waals surface area contributed by atoms with E-state index in [0.717, 1.165) is 0 Å². The van der Waals surface area contributed by atoms with E-state index in [1.807, 2.05) is 0 Å². The fraction of sp³-hybridized carbons (Fsp3) is 0.889. The van der Waals surface area contributed by atoms with E-state index in [9.17, 15) is 14.9 Å². The molecule has 0 aliphatic carbocycles. The lowest BCUT2D eigenvalue weighted by Crippen LogP contribution is -2.14. The highest BCUT2D eigenvalue weighted by atomic mass is 35.5. The average Bonchev–Trinajstić information content (AvgIpc) is 2.14. The van der Waals surface area contributed by atoms with Crippen LogP contribution in [0.3, 0.4) is 0 Å². The Labute approximate surface area is 104 Å². The molecule has 7 nitrogen and oxygen atoms in total. The molecule has 0 aromatic rings. The van der Waals surface area contributed by atoms with E-state index in [-0.39, 0.29) is 6.61 Å². The molecule has 8 heteroatoms. The largest absolute Gasteiger partial charge is 0.509 e. The van der Waals surface area contributed by atoms with Crippen molar-refractivity contribution >= 4 is 17.8 Å². The van der Waals surface area contributed by atoms with Crippen LogP contribution >= 0.6 is 11.6 Å². The van der Waals surface area contributed by atoms with Crippen molar-refractivity contribution < 1.29 is 24.2 Å². The zero-order valence-electron chi connectivity index (χ0n) is 9.76. The molecule has 0 rings (SSSR count). The summed E-state index contributed by atoms with van der Waals surface area (Å²) in [5.74, 6) is 0. The van der Waals surface area contributed by atoms with E-state index in [2.05, 4.69) is 9.57 Å². The Bertz CT molecular complexity index is 248. The highest BCUT2D eigenvalue weighted by Crippen LogP contribution is 2.05. The van der Waals surface area contributed by atoms with Crippen molar-refractivity contribution in [2.24, 2.45) is 0 Å². The molecule has 0 spiro atoms. The third kappa shape index (κ3) is 11.0. The number of nitrogens with zero attached hydrogens (tertiary/aromatic N) is 1. The smallest absolute Gasteiger partial charge is 0.434 e. The highest BCUT2D eigenvalue weighted by Gasteiger charge is 2.08. The van der Waals surface area contributed by atoms with Gasteiger partial charge in [0.2, 0.25) is 0 Å². The highest BCUT2D eigenvalue weighted by molar-refractivity contribution is 6.19. The van der Waals surface area contributed by atoms with Gasteiger partial charge in [0.05, 0.1) is 6.61 Å². The number of alkyl halides is 1. The Morgan fingerprint density at radius 1 is 1.41 bits per heavy atom. The van der Waals surface area contributed by atoms with E-state index in [1.165, 1.54) is 6.92 Å². The fourth-order valence-electron chi connectivity index (χ4n) is 1.06. The molecule has 0 amide bonds. The standard InChI is InChI=1S/C9H16ClNO6/c1-7(17-11(13)14)5-3-4-6-15-9(12)16-8(2)10/h7-8H,3-6H2,1-2H3. The number of hydrogen-bond donors (Lipinski definition) is 0. The summed E-state index contributed by atoms with van der Waals surface area (Å²) in [5, 5.41) is 9.16. The molecular weight excluding hydrogens is 254 g/mol. The predicted molar refractivity (Wildman–Crippen MR) is 59.1 cm³/mol. The lowest BCUT2D eigenvalue weighted by Gasteiger charge is -2.09. The molecule has 0 fully saturated rings. The molecule has 0 aliphatic heterocycles. The second kappa shape index (κ2) is 8.86. The van der Waals surface area contributed by atoms with Gasteiger partial charge >= 0.3 is 6.16 Å². The monoisotopic (exact) mass is 269 g/mol. The van der Waals surface area contributed by atoms with E-state index in [1.54, 1.807) is 6.92 Å². The molecule has 2 atom stereocenters. The van der Waals surface area contributed by atoms with Gasteiger partial charge in [0, 0.05) is 0 Å². The van der Waals surface area contributed by atoms with E-state index in [4.69, 9.17) is 16.3 Å². The van der Waals surface area contributed by atoms with Gasteiger partial charge in [0.25, 0.3) is 5.09 Å². The van der Waals surface area contributed by atoms with Crippen molar-refractivity contribution in [3.63, 3.8) is 0 Å². The van der Waals surface area contributed by atoms with Gasteiger partial charge in [-0.1, -0.05) is 11.6 Å². The van der Waals surface area contributed by atoms with Crippen molar-refractivity contribution in [3.8, 4) is 0 Å². The number of hydrogen-bond acceptors (Lipinski definition) is 6. The number of carbonyl (C=O) groups excluding carboxylic acids is 1. The third-order valence-corrected chi connectivity index (χ3v) is 1.84. The van der Waals surface area contributed by atoms with Crippen LogP contribution in [0.1, 0.15) is 33.1 Å². The van der Waals surface area contributed by atoms with Crippen LogP contribution in [-0.4, -0.2) is 29.5 Å². The maximum absolute atomic E-state index is 10.9. The van der Waals surface area contributed by atoms with Gasteiger partial charge in [-0.25, -0.2) is 4.79 Å². The molecule has 0 saturated carbocycles. The molecule has 2 unspecified atom stereocenters. The van der Waals surface area contributed by atoms with Gasteiger partial charge in [-0.2, -0.15) is 0 Å². The number of rotatable bonds is 8. The molecule has 0 aliphatic rings. The maximum Gasteiger partial charge on any atom is 0.509 e. The quantitative estimate of drug-likeness (QED) is 0.221. The second-order valence-corrected chi connectivity index (χ2v) is 4.01. The molecule has 0 saturated heterocycles. The average molecular weight is 270 g/mol. The van der Waals surface area contributed by atoms with Gasteiger partial charge in [0.15, 0.2) is 5.56 Å².